The summed E-state index contributed by atoms with van der Waals surface area (Å²) in [6.45, 7) is 2.62. The molecule has 1 N–H and O–H groups in total. The van der Waals surface area contributed by atoms with E-state index in [2.05, 4.69) is 31.6 Å². The van der Waals surface area contributed by atoms with Gasteiger partial charge in [-0.3, -0.25) is 4.79 Å². The van der Waals surface area contributed by atoms with Crippen molar-refractivity contribution < 1.29 is 9.53 Å². The summed E-state index contributed by atoms with van der Waals surface area (Å²) in [5, 5.41) is 6.32. The Morgan fingerprint density at radius 3 is 2.89 bits per heavy atom. The normalized spacial score (nSPS) is 15.6. The molecule has 7 heteroatoms. The van der Waals surface area contributed by atoms with E-state index in [9.17, 15) is 4.79 Å². The minimum Gasteiger partial charge on any atom is -0.493 e. The molecule has 0 saturated heterocycles. The van der Waals surface area contributed by atoms with Gasteiger partial charge in [0.15, 0.2) is 0 Å². The molecule has 4 nitrogen and oxygen atoms in total. The molecule has 1 unspecified atom stereocenters. The summed E-state index contributed by atoms with van der Waals surface area (Å²) in [5.41, 5.74) is 2.77. The van der Waals surface area contributed by atoms with Crippen LogP contribution in [0.4, 0.5) is 0 Å². The van der Waals surface area contributed by atoms with E-state index in [0.29, 0.717) is 12.2 Å². The van der Waals surface area contributed by atoms with Crippen LogP contribution in [0.1, 0.15) is 39.1 Å². The maximum atomic E-state index is 12.7. The van der Waals surface area contributed by atoms with Crippen molar-refractivity contribution in [2.45, 2.75) is 30.0 Å². The average molecular weight is 475 g/mol. The number of benzene rings is 2. The highest BCUT2D eigenvalue weighted by Crippen LogP contribution is 2.34. The van der Waals surface area contributed by atoms with Crippen molar-refractivity contribution in [3.63, 3.8) is 0 Å². The quantitative estimate of drug-likeness (QED) is 0.477. The van der Waals surface area contributed by atoms with Crippen molar-refractivity contribution in [2.24, 2.45) is 0 Å². The molecule has 4 rings (SSSR count). The van der Waals surface area contributed by atoms with Gasteiger partial charge < -0.3 is 10.1 Å². The molecule has 144 valence electrons. The summed E-state index contributed by atoms with van der Waals surface area (Å²) < 4.78 is 6.68. The fourth-order valence-corrected chi connectivity index (χ4v) is 4.98. The second-order valence-corrected chi connectivity index (χ2v) is 9.54. The van der Waals surface area contributed by atoms with Crippen LogP contribution in [0, 0.1) is 6.92 Å². The lowest BCUT2D eigenvalue weighted by Crippen LogP contribution is -2.32. The van der Waals surface area contributed by atoms with Crippen LogP contribution in [0.3, 0.4) is 0 Å². The third-order valence-electron chi connectivity index (χ3n) is 4.49. The number of ether oxygens (including phenoxy) is 1. The molecule has 1 aliphatic heterocycles. The lowest BCUT2D eigenvalue weighted by Gasteiger charge is -2.27. The Bertz CT molecular complexity index is 988. The van der Waals surface area contributed by atoms with Gasteiger partial charge in [-0.1, -0.05) is 15.9 Å². The van der Waals surface area contributed by atoms with Crippen LogP contribution in [0.2, 0.25) is 0 Å². The number of hydrogen-bond donors (Lipinski definition) is 1. The average Bonchev–Trinajstić information content (AvgIpc) is 3.12. The van der Waals surface area contributed by atoms with Crippen molar-refractivity contribution in [1.82, 2.24) is 10.3 Å². The van der Waals surface area contributed by atoms with Crippen LogP contribution < -0.4 is 10.1 Å². The molecule has 28 heavy (non-hydrogen) atoms. The van der Waals surface area contributed by atoms with Gasteiger partial charge in [0.05, 0.1) is 23.4 Å². The number of nitrogens with one attached hydrogen (secondary N) is 1. The molecule has 0 fully saturated rings. The molecule has 1 aliphatic rings. The molecule has 2 heterocycles. The molecular weight excluding hydrogens is 456 g/mol. The van der Waals surface area contributed by atoms with Crippen molar-refractivity contribution in [2.75, 3.05) is 6.61 Å². The largest absolute Gasteiger partial charge is 0.493 e. The summed E-state index contributed by atoms with van der Waals surface area (Å²) in [4.78, 5) is 18.3. The summed E-state index contributed by atoms with van der Waals surface area (Å²) in [6.07, 6.45) is 0.760. The molecule has 0 radical (unpaired) electrons. The number of fused-ring (bicyclic) bond motifs is 1. The van der Waals surface area contributed by atoms with Crippen LogP contribution in [-0.2, 0) is 5.75 Å². The van der Waals surface area contributed by atoms with Crippen molar-refractivity contribution >= 4 is 44.9 Å². The summed E-state index contributed by atoms with van der Waals surface area (Å²) in [5.74, 6) is 1.61. The minimum atomic E-state index is -0.0653. The van der Waals surface area contributed by atoms with Crippen molar-refractivity contribution in [3.8, 4) is 5.75 Å². The summed E-state index contributed by atoms with van der Waals surface area (Å²) in [7, 11) is 0. The Morgan fingerprint density at radius 1 is 1.32 bits per heavy atom. The SMILES string of the molecule is Cc1nc(CSc2ccc(C(=O)NC3CCOc4ccc(Br)cc43)cc2)cs1. The van der Waals surface area contributed by atoms with Gasteiger partial charge >= 0.3 is 0 Å². The number of hydrogen-bond acceptors (Lipinski definition) is 5. The molecule has 1 amide bonds. The zero-order valence-electron chi connectivity index (χ0n) is 15.3. The predicted molar refractivity (Wildman–Crippen MR) is 117 cm³/mol. The Balaban J connectivity index is 1.40. The van der Waals surface area contributed by atoms with Crippen LogP contribution in [0.5, 0.6) is 5.75 Å². The third kappa shape index (κ3) is 4.59. The number of thioether (sulfide) groups is 1. The summed E-state index contributed by atoms with van der Waals surface area (Å²) >= 11 is 6.89. The zero-order chi connectivity index (χ0) is 19.5. The monoisotopic (exact) mass is 474 g/mol. The van der Waals surface area contributed by atoms with Gasteiger partial charge in [0.2, 0.25) is 0 Å². The number of thiazole rings is 1. The first-order valence-electron chi connectivity index (χ1n) is 8.95. The molecule has 0 aliphatic carbocycles. The fraction of sp³-hybridized carbons (Fsp3) is 0.238. The maximum absolute atomic E-state index is 12.7. The summed E-state index contributed by atoms with van der Waals surface area (Å²) in [6, 6.07) is 13.6. The van der Waals surface area contributed by atoms with Crippen LogP contribution in [0.25, 0.3) is 0 Å². The lowest BCUT2D eigenvalue weighted by molar-refractivity contribution is 0.0924. The number of aromatic nitrogens is 1. The molecule has 0 saturated carbocycles. The van der Waals surface area contributed by atoms with Crippen LogP contribution >= 0.6 is 39.0 Å². The number of rotatable bonds is 5. The molecule has 0 bridgehead atoms. The first kappa shape index (κ1) is 19.5. The Hall–Kier alpha value is -1.83. The van der Waals surface area contributed by atoms with E-state index < -0.39 is 0 Å². The van der Waals surface area contributed by atoms with Gasteiger partial charge in [0.25, 0.3) is 5.91 Å². The number of carbonyl (C=O) groups is 1. The number of nitrogens with zero attached hydrogens (tertiary/aromatic N) is 1. The van der Waals surface area contributed by atoms with Gasteiger partial charge in [0, 0.05) is 38.0 Å². The number of amides is 1. The van der Waals surface area contributed by atoms with E-state index in [1.54, 1.807) is 23.1 Å². The molecule has 1 aromatic heterocycles. The fourth-order valence-electron chi connectivity index (χ4n) is 3.09. The maximum Gasteiger partial charge on any atom is 0.251 e. The second kappa shape index (κ2) is 8.68. The van der Waals surface area contributed by atoms with Crippen LogP contribution in [0.15, 0.2) is 57.2 Å². The smallest absolute Gasteiger partial charge is 0.251 e. The highest BCUT2D eigenvalue weighted by atomic mass is 79.9. The molecular formula is C21H19BrN2O2S2. The van der Waals surface area contributed by atoms with Crippen LogP contribution in [-0.4, -0.2) is 17.5 Å². The highest BCUT2D eigenvalue weighted by Gasteiger charge is 2.23. The van der Waals surface area contributed by atoms with E-state index in [1.165, 1.54) is 0 Å². The molecule has 3 aromatic rings. The predicted octanol–water partition coefficient (Wildman–Crippen LogP) is 5.76. The van der Waals surface area contributed by atoms with Gasteiger partial charge in [-0.25, -0.2) is 4.98 Å². The van der Waals surface area contributed by atoms with E-state index in [0.717, 1.165) is 43.6 Å². The second-order valence-electron chi connectivity index (χ2n) is 6.52. The number of aryl methyl sites for hydroxylation is 1. The van der Waals surface area contributed by atoms with E-state index >= 15 is 0 Å². The first-order chi connectivity index (χ1) is 13.6. The van der Waals surface area contributed by atoms with E-state index in [1.807, 2.05) is 49.4 Å². The van der Waals surface area contributed by atoms with Gasteiger partial charge in [0.1, 0.15) is 5.75 Å². The van der Waals surface area contributed by atoms with E-state index in [-0.39, 0.29) is 11.9 Å². The van der Waals surface area contributed by atoms with Crippen molar-refractivity contribution in [1.29, 1.82) is 0 Å². The third-order valence-corrected chi connectivity index (χ3v) is 6.85. The minimum absolute atomic E-state index is 0.0456. The topological polar surface area (TPSA) is 51.2 Å². The Morgan fingerprint density at radius 2 is 2.14 bits per heavy atom. The Labute approximate surface area is 180 Å². The van der Waals surface area contributed by atoms with E-state index in [4.69, 9.17) is 4.74 Å². The zero-order valence-corrected chi connectivity index (χ0v) is 18.5. The molecule has 0 spiro atoms. The standard InChI is InChI=1S/C21H19BrN2O2S2/c1-13-23-16(11-27-13)12-28-17-5-2-14(3-6-17)21(25)24-19-8-9-26-20-7-4-15(22)10-18(19)20/h2-7,10-11,19H,8-9,12H2,1H3,(H,24,25). The number of carbonyl (C=O) groups excluding carboxylic acids is 1. The van der Waals surface area contributed by atoms with Crippen molar-refractivity contribution in [3.05, 3.63) is 74.1 Å². The Kier molecular flexibility index (Phi) is 6.04. The number of halogens is 1. The first-order valence-corrected chi connectivity index (χ1v) is 11.6. The highest BCUT2D eigenvalue weighted by molar-refractivity contribution is 9.10. The molecule has 2 aromatic carbocycles. The van der Waals surface area contributed by atoms with Gasteiger partial charge in [-0.05, 0) is 49.4 Å². The van der Waals surface area contributed by atoms with Gasteiger partial charge in [-0.2, -0.15) is 0 Å². The molecule has 1 atom stereocenters. The van der Waals surface area contributed by atoms with Gasteiger partial charge in [-0.15, -0.1) is 23.1 Å². The lowest BCUT2D eigenvalue weighted by atomic mass is 10.00.